The highest BCUT2D eigenvalue weighted by molar-refractivity contribution is 6.30. The first-order valence-corrected chi connectivity index (χ1v) is 7.96. The van der Waals surface area contributed by atoms with Crippen molar-refractivity contribution in [1.82, 2.24) is 4.98 Å². The van der Waals surface area contributed by atoms with Crippen molar-refractivity contribution in [2.45, 2.75) is 5.41 Å². The fourth-order valence-corrected chi connectivity index (χ4v) is 3.49. The summed E-state index contributed by atoms with van der Waals surface area (Å²) >= 11 is 5.97. The fraction of sp³-hybridized carbons (Fsp3) is 0.0526. The fourth-order valence-electron chi connectivity index (χ4n) is 3.33. The molecule has 0 unspecified atom stereocenters. The van der Waals surface area contributed by atoms with Crippen LogP contribution in [0, 0.1) is 0 Å². The van der Waals surface area contributed by atoms with Gasteiger partial charge in [0.15, 0.2) is 0 Å². The van der Waals surface area contributed by atoms with Crippen molar-refractivity contribution in [3.05, 3.63) is 82.6 Å². The molecule has 124 valence electrons. The molecule has 0 atom stereocenters. The Morgan fingerprint density at radius 2 is 1.44 bits per heavy atom. The summed E-state index contributed by atoms with van der Waals surface area (Å²) in [5.41, 5.74) is 1.46. The molecule has 0 saturated carbocycles. The van der Waals surface area contributed by atoms with Crippen LogP contribution < -0.4 is 5.32 Å². The Morgan fingerprint density at radius 1 is 0.920 bits per heavy atom. The van der Waals surface area contributed by atoms with Gasteiger partial charge < -0.3 is 15.5 Å². The van der Waals surface area contributed by atoms with Crippen molar-refractivity contribution < 1.29 is 15.0 Å². The first kappa shape index (κ1) is 15.5. The molecule has 3 N–H and O–H groups in total. The molecule has 1 aromatic heterocycles. The number of benzene rings is 2. The maximum Gasteiger partial charge on any atom is 0.244 e. The van der Waals surface area contributed by atoms with Gasteiger partial charge in [0.05, 0.1) is 5.69 Å². The molecule has 2 heterocycles. The average molecular weight is 353 g/mol. The molecule has 1 aliphatic rings. The van der Waals surface area contributed by atoms with E-state index >= 15 is 0 Å². The van der Waals surface area contributed by atoms with E-state index in [4.69, 9.17) is 11.6 Å². The molecule has 0 aliphatic carbocycles. The maximum atomic E-state index is 13.1. The van der Waals surface area contributed by atoms with Crippen molar-refractivity contribution in [3.8, 4) is 11.5 Å². The second-order valence-corrected chi connectivity index (χ2v) is 6.24. The number of carbonyl (C=O) groups excluding carboxylic acids is 1. The molecule has 2 aromatic carbocycles. The number of halogens is 1. The Hall–Kier alpha value is -3.05. The number of nitrogens with zero attached hydrogens (tertiary/aromatic N) is 1. The Labute approximate surface area is 148 Å². The van der Waals surface area contributed by atoms with Crippen LogP contribution in [0.4, 0.5) is 5.69 Å². The van der Waals surface area contributed by atoms with E-state index in [-0.39, 0.29) is 22.6 Å². The quantitative estimate of drug-likeness (QED) is 0.617. The third-order valence-corrected chi connectivity index (χ3v) is 4.67. The van der Waals surface area contributed by atoms with Crippen molar-refractivity contribution in [2.24, 2.45) is 0 Å². The zero-order valence-electron chi connectivity index (χ0n) is 12.9. The van der Waals surface area contributed by atoms with Crippen molar-refractivity contribution >= 4 is 23.2 Å². The van der Waals surface area contributed by atoms with E-state index in [2.05, 4.69) is 10.3 Å². The third-order valence-electron chi connectivity index (χ3n) is 4.46. The predicted molar refractivity (Wildman–Crippen MR) is 94.0 cm³/mol. The molecule has 3 aromatic rings. The van der Waals surface area contributed by atoms with E-state index in [1.165, 1.54) is 24.3 Å². The Morgan fingerprint density at radius 3 is 1.96 bits per heavy atom. The monoisotopic (exact) mass is 352 g/mol. The summed E-state index contributed by atoms with van der Waals surface area (Å²) in [5.74, 6) is -0.0297. The van der Waals surface area contributed by atoms with Crippen LogP contribution in [0.3, 0.4) is 0 Å². The minimum Gasteiger partial charge on any atom is -0.508 e. The van der Waals surface area contributed by atoms with E-state index in [0.717, 1.165) is 0 Å². The number of amides is 1. The second-order valence-electron chi connectivity index (χ2n) is 5.85. The molecule has 0 bridgehead atoms. The zero-order chi connectivity index (χ0) is 17.6. The van der Waals surface area contributed by atoms with Crippen LogP contribution in [-0.2, 0) is 10.2 Å². The van der Waals surface area contributed by atoms with Crippen molar-refractivity contribution in [2.75, 3.05) is 5.32 Å². The number of rotatable bonds is 2. The van der Waals surface area contributed by atoms with Crippen LogP contribution in [0.25, 0.3) is 0 Å². The lowest BCUT2D eigenvalue weighted by atomic mass is 9.70. The smallest absolute Gasteiger partial charge is 0.244 e. The first-order chi connectivity index (χ1) is 12.0. The minimum absolute atomic E-state index is 0.109. The van der Waals surface area contributed by atoms with Gasteiger partial charge in [-0.2, -0.15) is 0 Å². The van der Waals surface area contributed by atoms with E-state index in [9.17, 15) is 15.0 Å². The molecule has 1 amide bonds. The van der Waals surface area contributed by atoms with Gasteiger partial charge in [0.2, 0.25) is 5.91 Å². The van der Waals surface area contributed by atoms with Gasteiger partial charge in [-0.15, -0.1) is 0 Å². The number of aromatic nitrogens is 1. The molecule has 0 fully saturated rings. The van der Waals surface area contributed by atoms with Crippen molar-refractivity contribution in [1.29, 1.82) is 0 Å². The summed E-state index contributed by atoms with van der Waals surface area (Å²) in [4.78, 5) is 17.3. The molecule has 6 heteroatoms. The van der Waals surface area contributed by atoms with E-state index in [1.807, 2.05) is 0 Å². The average Bonchev–Trinajstić information content (AvgIpc) is 2.88. The van der Waals surface area contributed by atoms with Crippen LogP contribution in [0.2, 0.25) is 5.15 Å². The topological polar surface area (TPSA) is 82.5 Å². The normalized spacial score (nSPS) is 14.8. The SMILES string of the molecule is O=C1Nc2cc(Cl)ncc2C1(c1ccc(O)cc1)c1ccc(O)cc1. The van der Waals surface area contributed by atoms with Crippen LogP contribution >= 0.6 is 11.6 Å². The zero-order valence-corrected chi connectivity index (χ0v) is 13.7. The van der Waals surface area contributed by atoms with Crippen LogP contribution in [0.5, 0.6) is 11.5 Å². The van der Waals surface area contributed by atoms with E-state index in [1.54, 1.807) is 36.5 Å². The number of phenols is 2. The Kier molecular flexibility index (Phi) is 3.40. The molecule has 4 rings (SSSR count). The lowest BCUT2D eigenvalue weighted by Gasteiger charge is -2.28. The summed E-state index contributed by atoms with van der Waals surface area (Å²) in [6.07, 6.45) is 1.58. The minimum atomic E-state index is -1.14. The first-order valence-electron chi connectivity index (χ1n) is 7.58. The number of fused-ring (bicyclic) bond motifs is 1. The third kappa shape index (κ3) is 2.24. The molecule has 0 radical (unpaired) electrons. The van der Waals surface area contributed by atoms with Crippen LogP contribution in [0.15, 0.2) is 60.8 Å². The lowest BCUT2D eigenvalue weighted by molar-refractivity contribution is -0.118. The molecule has 25 heavy (non-hydrogen) atoms. The number of aromatic hydroxyl groups is 2. The van der Waals surface area contributed by atoms with E-state index in [0.29, 0.717) is 22.4 Å². The van der Waals surface area contributed by atoms with Gasteiger partial charge >= 0.3 is 0 Å². The number of carbonyl (C=O) groups is 1. The van der Waals surface area contributed by atoms with Crippen LogP contribution in [-0.4, -0.2) is 21.1 Å². The number of hydrogen-bond donors (Lipinski definition) is 3. The summed E-state index contributed by atoms with van der Waals surface area (Å²) in [7, 11) is 0. The number of hydrogen-bond acceptors (Lipinski definition) is 4. The number of anilines is 1. The highest BCUT2D eigenvalue weighted by Gasteiger charge is 2.50. The molecule has 0 spiro atoms. The van der Waals surface area contributed by atoms with Gasteiger partial charge in [-0.25, -0.2) is 4.98 Å². The van der Waals surface area contributed by atoms with Gasteiger partial charge in [-0.1, -0.05) is 35.9 Å². The van der Waals surface area contributed by atoms with Gasteiger partial charge in [0.1, 0.15) is 22.1 Å². The Bertz CT molecular complexity index is 923. The number of phenolic OH excluding ortho intramolecular Hbond substituents is 2. The number of nitrogens with one attached hydrogen (secondary N) is 1. The van der Waals surface area contributed by atoms with E-state index < -0.39 is 5.41 Å². The van der Waals surface area contributed by atoms with Gasteiger partial charge in [0, 0.05) is 11.8 Å². The highest BCUT2D eigenvalue weighted by Crippen LogP contribution is 2.48. The molecule has 0 saturated heterocycles. The summed E-state index contributed by atoms with van der Waals surface area (Å²) < 4.78 is 0. The van der Waals surface area contributed by atoms with Gasteiger partial charge in [0.25, 0.3) is 0 Å². The summed E-state index contributed by atoms with van der Waals surface area (Å²) in [6, 6.07) is 14.5. The number of pyridine rings is 1. The lowest BCUT2D eigenvalue weighted by Crippen LogP contribution is -2.37. The summed E-state index contributed by atoms with van der Waals surface area (Å²) in [6.45, 7) is 0. The second kappa shape index (κ2) is 5.50. The largest absolute Gasteiger partial charge is 0.508 e. The molecular weight excluding hydrogens is 340 g/mol. The standard InChI is InChI=1S/C19H13ClN2O3/c20-17-9-16-15(10-21-17)19(18(25)22-16,11-1-5-13(23)6-2-11)12-3-7-14(24)8-4-12/h1-10,23-24H,(H,22,25). The maximum absolute atomic E-state index is 13.1. The van der Waals surface area contributed by atoms with Gasteiger partial charge in [-0.3, -0.25) is 4.79 Å². The summed E-state index contributed by atoms with van der Waals surface area (Å²) in [5, 5.41) is 22.4. The van der Waals surface area contributed by atoms with Crippen LogP contribution in [0.1, 0.15) is 16.7 Å². The van der Waals surface area contributed by atoms with Crippen molar-refractivity contribution in [3.63, 3.8) is 0 Å². The molecule has 5 nitrogen and oxygen atoms in total. The highest BCUT2D eigenvalue weighted by atomic mass is 35.5. The molecular formula is C19H13ClN2O3. The van der Waals surface area contributed by atoms with Gasteiger partial charge in [-0.05, 0) is 41.5 Å². The molecule has 1 aliphatic heterocycles. The Balaban J connectivity index is 2.05. The predicted octanol–water partition coefficient (Wildman–Crippen LogP) is 3.43.